The van der Waals surface area contributed by atoms with Gasteiger partial charge in [-0.05, 0) is 42.9 Å². The first kappa shape index (κ1) is 17.5. The van der Waals surface area contributed by atoms with Crippen molar-refractivity contribution in [1.29, 1.82) is 0 Å². The lowest BCUT2D eigenvalue weighted by atomic mass is 10.1. The van der Waals surface area contributed by atoms with Gasteiger partial charge in [-0.3, -0.25) is 0 Å². The predicted molar refractivity (Wildman–Crippen MR) is 82.8 cm³/mol. The normalized spacial score (nSPS) is 15.7. The number of nitrogens with zero attached hydrogens (tertiary/aromatic N) is 2. The van der Waals surface area contributed by atoms with Crippen molar-refractivity contribution in [2.24, 2.45) is 0 Å². The van der Waals surface area contributed by atoms with Gasteiger partial charge in [-0.2, -0.15) is 0 Å². The summed E-state index contributed by atoms with van der Waals surface area (Å²) in [4.78, 5) is 3.59. The Bertz CT molecular complexity index is 758. The number of alkyl halides is 3. The molecule has 1 aliphatic heterocycles. The molecule has 3 nitrogen and oxygen atoms in total. The second-order valence-corrected chi connectivity index (χ2v) is 5.86. The molecule has 0 radical (unpaired) electrons. The Morgan fingerprint density at radius 2 is 1.64 bits per heavy atom. The summed E-state index contributed by atoms with van der Waals surface area (Å²) in [7, 11) is 1.82. The van der Waals surface area contributed by atoms with E-state index in [1.54, 1.807) is 4.90 Å². The summed E-state index contributed by atoms with van der Waals surface area (Å²) in [6.07, 6.45) is -4.78. The molecule has 0 atom stereocenters. The maximum Gasteiger partial charge on any atom is 0.573 e. The quantitative estimate of drug-likeness (QED) is 0.738. The van der Waals surface area contributed by atoms with E-state index in [9.17, 15) is 22.0 Å². The molecule has 25 heavy (non-hydrogen) atoms. The fraction of sp³-hybridized carbons (Fsp3) is 0.294. The first-order chi connectivity index (χ1) is 11.7. The van der Waals surface area contributed by atoms with E-state index in [1.807, 2.05) is 11.9 Å². The monoisotopic (exact) mass is 358 g/mol. The van der Waals surface area contributed by atoms with Crippen LogP contribution in [0.3, 0.4) is 0 Å². The van der Waals surface area contributed by atoms with E-state index < -0.39 is 18.0 Å². The number of ether oxygens (including phenoxy) is 1. The Balaban J connectivity index is 2.03. The van der Waals surface area contributed by atoms with Crippen LogP contribution < -0.4 is 9.64 Å². The molecule has 0 aromatic heterocycles. The van der Waals surface area contributed by atoms with Crippen molar-refractivity contribution in [3.05, 3.63) is 53.6 Å². The number of fused-ring (bicyclic) bond motifs is 1. The Morgan fingerprint density at radius 1 is 0.960 bits per heavy atom. The first-order valence-electron chi connectivity index (χ1n) is 7.52. The number of likely N-dealkylation sites (N-methyl/N-ethyl adjacent to an activating group) is 1. The number of anilines is 2. The second kappa shape index (κ2) is 6.51. The third-order valence-electron chi connectivity index (χ3n) is 3.88. The molecule has 0 amide bonds. The lowest BCUT2D eigenvalue weighted by Crippen LogP contribution is -2.26. The van der Waals surface area contributed by atoms with E-state index in [0.29, 0.717) is 36.6 Å². The van der Waals surface area contributed by atoms with Gasteiger partial charge in [-0.15, -0.1) is 13.2 Å². The third kappa shape index (κ3) is 4.19. The molecule has 3 rings (SSSR count). The van der Waals surface area contributed by atoms with Gasteiger partial charge >= 0.3 is 6.36 Å². The first-order valence-corrected chi connectivity index (χ1v) is 7.52. The molecule has 0 saturated carbocycles. The van der Waals surface area contributed by atoms with Crippen LogP contribution in [0.25, 0.3) is 0 Å². The van der Waals surface area contributed by atoms with Crippen molar-refractivity contribution in [2.45, 2.75) is 12.9 Å². The minimum absolute atomic E-state index is 0.304. The van der Waals surface area contributed by atoms with Crippen LogP contribution in [0.15, 0.2) is 36.4 Å². The van der Waals surface area contributed by atoms with Crippen LogP contribution in [-0.4, -0.2) is 31.4 Å². The molecule has 2 aromatic carbocycles. The van der Waals surface area contributed by atoms with Gasteiger partial charge in [0.05, 0.1) is 0 Å². The largest absolute Gasteiger partial charge is 0.573 e. The molecule has 2 aromatic rings. The number of benzene rings is 2. The Labute approximate surface area is 141 Å². The molecule has 134 valence electrons. The summed E-state index contributed by atoms with van der Waals surface area (Å²) >= 11 is 0. The molecule has 1 heterocycles. The zero-order chi connectivity index (χ0) is 18.2. The van der Waals surface area contributed by atoms with Gasteiger partial charge in [0.2, 0.25) is 0 Å². The summed E-state index contributed by atoms with van der Waals surface area (Å²) in [5, 5.41) is 0. The fourth-order valence-electron chi connectivity index (χ4n) is 2.87. The van der Waals surface area contributed by atoms with E-state index in [2.05, 4.69) is 4.74 Å². The van der Waals surface area contributed by atoms with Gasteiger partial charge in [0.1, 0.15) is 17.4 Å². The van der Waals surface area contributed by atoms with E-state index in [0.717, 1.165) is 6.07 Å². The van der Waals surface area contributed by atoms with Gasteiger partial charge in [-0.25, -0.2) is 8.78 Å². The highest BCUT2D eigenvalue weighted by molar-refractivity contribution is 5.68. The SMILES string of the molecule is CN1CCN(c2cc(F)cc(F)c2)c2ccc(OC(F)(F)F)cc2C1. The van der Waals surface area contributed by atoms with Crippen LogP contribution in [0.1, 0.15) is 5.56 Å². The van der Waals surface area contributed by atoms with E-state index >= 15 is 0 Å². The highest BCUT2D eigenvalue weighted by atomic mass is 19.4. The lowest BCUT2D eigenvalue weighted by molar-refractivity contribution is -0.274. The van der Waals surface area contributed by atoms with Gasteiger partial charge in [0.15, 0.2) is 0 Å². The van der Waals surface area contributed by atoms with Crippen LogP contribution in [0.5, 0.6) is 5.75 Å². The summed E-state index contributed by atoms with van der Waals surface area (Å²) in [5.41, 5.74) is 1.47. The van der Waals surface area contributed by atoms with Crippen molar-refractivity contribution >= 4 is 11.4 Å². The number of halogens is 5. The molecule has 0 aliphatic carbocycles. The van der Waals surface area contributed by atoms with Gasteiger partial charge in [0.25, 0.3) is 0 Å². The molecule has 1 aliphatic rings. The number of hydrogen-bond donors (Lipinski definition) is 0. The Hall–Kier alpha value is -2.35. The van der Waals surface area contributed by atoms with Crippen molar-refractivity contribution < 1.29 is 26.7 Å². The smallest absolute Gasteiger partial charge is 0.406 e. The molecule has 0 fully saturated rings. The zero-order valence-electron chi connectivity index (χ0n) is 13.3. The minimum Gasteiger partial charge on any atom is -0.406 e. The van der Waals surface area contributed by atoms with Crippen molar-refractivity contribution in [3.63, 3.8) is 0 Å². The molecule has 0 bridgehead atoms. The van der Waals surface area contributed by atoms with Crippen LogP contribution in [0, 0.1) is 11.6 Å². The van der Waals surface area contributed by atoms with Crippen LogP contribution >= 0.6 is 0 Å². The Morgan fingerprint density at radius 3 is 2.28 bits per heavy atom. The lowest BCUT2D eigenvalue weighted by Gasteiger charge is -2.25. The highest BCUT2D eigenvalue weighted by Gasteiger charge is 2.31. The molecular formula is C17H15F5N2O. The summed E-state index contributed by atoms with van der Waals surface area (Å²) in [6, 6.07) is 7.12. The average molecular weight is 358 g/mol. The van der Waals surface area contributed by atoms with Crippen molar-refractivity contribution in [1.82, 2.24) is 4.90 Å². The summed E-state index contributed by atoms with van der Waals surface area (Å²) in [5.74, 6) is -1.76. The fourth-order valence-corrected chi connectivity index (χ4v) is 2.87. The van der Waals surface area contributed by atoms with Gasteiger partial charge in [0, 0.05) is 37.1 Å². The highest BCUT2D eigenvalue weighted by Crippen LogP contribution is 2.35. The number of rotatable bonds is 2. The van der Waals surface area contributed by atoms with E-state index in [-0.39, 0.29) is 5.75 Å². The molecular weight excluding hydrogens is 343 g/mol. The maximum absolute atomic E-state index is 13.6. The third-order valence-corrected chi connectivity index (χ3v) is 3.88. The van der Waals surface area contributed by atoms with Crippen molar-refractivity contribution in [3.8, 4) is 5.75 Å². The second-order valence-electron chi connectivity index (χ2n) is 5.86. The molecule has 0 N–H and O–H groups in total. The Kier molecular flexibility index (Phi) is 4.55. The zero-order valence-corrected chi connectivity index (χ0v) is 13.3. The van der Waals surface area contributed by atoms with Crippen molar-refractivity contribution in [2.75, 3.05) is 25.0 Å². The topological polar surface area (TPSA) is 15.7 Å². The summed E-state index contributed by atoms with van der Waals surface area (Å²) < 4.78 is 68.4. The van der Waals surface area contributed by atoms with E-state index in [1.165, 1.54) is 30.3 Å². The maximum atomic E-state index is 13.6. The van der Waals surface area contributed by atoms with Crippen LogP contribution in [0.4, 0.5) is 33.3 Å². The average Bonchev–Trinajstić information content (AvgIpc) is 2.62. The summed E-state index contributed by atoms with van der Waals surface area (Å²) in [6.45, 7) is 1.40. The van der Waals surface area contributed by atoms with Crippen LogP contribution in [0.2, 0.25) is 0 Å². The number of hydrogen-bond acceptors (Lipinski definition) is 3. The molecule has 0 spiro atoms. The predicted octanol–water partition coefficient (Wildman–Crippen LogP) is 4.45. The van der Waals surface area contributed by atoms with E-state index in [4.69, 9.17) is 0 Å². The van der Waals surface area contributed by atoms with Gasteiger partial charge in [-0.1, -0.05) is 0 Å². The molecule has 0 unspecified atom stereocenters. The minimum atomic E-state index is -4.78. The van der Waals surface area contributed by atoms with Crippen LogP contribution in [-0.2, 0) is 6.54 Å². The van der Waals surface area contributed by atoms with Gasteiger partial charge < -0.3 is 14.5 Å². The standard InChI is InChI=1S/C17H15F5N2O/c1-23-4-5-24(14-8-12(18)7-13(19)9-14)16-3-2-15(6-11(16)10-23)25-17(20,21)22/h2-3,6-9H,4-5,10H2,1H3. The molecule has 8 heteroatoms. The molecule has 0 saturated heterocycles.